The van der Waals surface area contributed by atoms with E-state index in [0.717, 1.165) is 31.0 Å². The van der Waals surface area contributed by atoms with Crippen LogP contribution in [0, 0.1) is 11.8 Å². The zero-order valence-electron chi connectivity index (χ0n) is 11.8. The van der Waals surface area contributed by atoms with Crippen LogP contribution in [0.2, 0.25) is 0 Å². The van der Waals surface area contributed by atoms with Crippen LogP contribution in [0.4, 0.5) is 5.69 Å². The Morgan fingerprint density at radius 2 is 1.80 bits per heavy atom. The highest BCUT2D eigenvalue weighted by molar-refractivity contribution is 7.89. The van der Waals surface area contributed by atoms with Crippen molar-refractivity contribution in [3.8, 4) is 0 Å². The van der Waals surface area contributed by atoms with Crippen LogP contribution in [0.25, 0.3) is 0 Å². The summed E-state index contributed by atoms with van der Waals surface area (Å²) in [6.07, 6.45) is 4.62. The first-order valence-corrected chi connectivity index (χ1v) is 8.89. The quantitative estimate of drug-likeness (QED) is 0.812. The maximum atomic E-state index is 12.0. The molecule has 5 heteroatoms. The number of sulfonamides is 1. The molecule has 2 aliphatic carbocycles. The standard InChI is InChI=1S/C15H22N2O2S/c1-11(12-2-3-12)10-16-13-6-8-15(9-7-13)20(18,19)17-14-4-5-14/h6-9,11-12,14,16-17H,2-5,10H2,1H3. The van der Waals surface area contributed by atoms with Crippen molar-refractivity contribution in [3.63, 3.8) is 0 Å². The van der Waals surface area contributed by atoms with Gasteiger partial charge in [0.15, 0.2) is 0 Å². The van der Waals surface area contributed by atoms with Gasteiger partial charge in [-0.05, 0) is 61.8 Å². The lowest BCUT2D eigenvalue weighted by molar-refractivity contribution is 0.536. The van der Waals surface area contributed by atoms with E-state index in [-0.39, 0.29) is 6.04 Å². The minimum Gasteiger partial charge on any atom is -0.385 e. The van der Waals surface area contributed by atoms with E-state index < -0.39 is 10.0 Å². The monoisotopic (exact) mass is 294 g/mol. The second-order valence-electron chi connectivity index (χ2n) is 6.12. The summed E-state index contributed by atoms with van der Waals surface area (Å²) in [4.78, 5) is 0.352. The normalized spacial score (nSPS) is 20.6. The number of rotatable bonds is 7. The first-order chi connectivity index (χ1) is 9.54. The summed E-state index contributed by atoms with van der Waals surface area (Å²) in [5.41, 5.74) is 0.989. The van der Waals surface area contributed by atoms with Gasteiger partial charge in [-0.25, -0.2) is 13.1 Å². The van der Waals surface area contributed by atoms with E-state index in [9.17, 15) is 8.42 Å². The zero-order valence-corrected chi connectivity index (χ0v) is 12.6. The maximum Gasteiger partial charge on any atom is 0.240 e. The second kappa shape index (κ2) is 5.37. The molecular weight excluding hydrogens is 272 g/mol. The average Bonchev–Trinajstić information content (AvgIpc) is 3.28. The molecule has 0 amide bonds. The van der Waals surface area contributed by atoms with Crippen LogP contribution in [0.5, 0.6) is 0 Å². The van der Waals surface area contributed by atoms with Crippen molar-refractivity contribution in [1.29, 1.82) is 0 Å². The number of hydrogen-bond acceptors (Lipinski definition) is 3. The SMILES string of the molecule is CC(CNc1ccc(S(=O)(=O)NC2CC2)cc1)C1CC1. The molecule has 0 spiro atoms. The fourth-order valence-electron chi connectivity index (χ4n) is 2.35. The molecular formula is C15H22N2O2S. The van der Waals surface area contributed by atoms with E-state index in [0.29, 0.717) is 10.8 Å². The lowest BCUT2D eigenvalue weighted by Crippen LogP contribution is -2.25. The molecule has 4 nitrogen and oxygen atoms in total. The molecule has 1 aromatic rings. The molecule has 0 heterocycles. The molecule has 2 fully saturated rings. The Labute approximate surface area is 121 Å². The van der Waals surface area contributed by atoms with Gasteiger partial charge in [-0.2, -0.15) is 0 Å². The van der Waals surface area contributed by atoms with Crippen LogP contribution in [-0.4, -0.2) is 21.0 Å². The van der Waals surface area contributed by atoms with Gasteiger partial charge in [0.25, 0.3) is 0 Å². The highest BCUT2D eigenvalue weighted by Crippen LogP contribution is 2.36. The number of anilines is 1. The Kier molecular flexibility index (Phi) is 3.73. The van der Waals surface area contributed by atoms with Gasteiger partial charge in [-0.3, -0.25) is 0 Å². The van der Waals surface area contributed by atoms with Gasteiger partial charge >= 0.3 is 0 Å². The van der Waals surface area contributed by atoms with Gasteiger partial charge < -0.3 is 5.32 Å². The smallest absolute Gasteiger partial charge is 0.240 e. The molecule has 1 aromatic carbocycles. The molecule has 1 atom stereocenters. The highest BCUT2D eigenvalue weighted by Gasteiger charge is 2.28. The molecule has 1 unspecified atom stereocenters. The molecule has 2 saturated carbocycles. The van der Waals surface area contributed by atoms with Crippen molar-refractivity contribution in [1.82, 2.24) is 4.72 Å². The fourth-order valence-corrected chi connectivity index (χ4v) is 3.66. The summed E-state index contributed by atoms with van der Waals surface area (Å²) in [6.45, 7) is 3.22. The highest BCUT2D eigenvalue weighted by atomic mass is 32.2. The van der Waals surface area contributed by atoms with E-state index in [1.807, 2.05) is 12.1 Å². The van der Waals surface area contributed by atoms with Crippen molar-refractivity contribution in [3.05, 3.63) is 24.3 Å². The van der Waals surface area contributed by atoms with Crippen molar-refractivity contribution >= 4 is 15.7 Å². The van der Waals surface area contributed by atoms with Crippen molar-refractivity contribution in [2.75, 3.05) is 11.9 Å². The molecule has 20 heavy (non-hydrogen) atoms. The Morgan fingerprint density at radius 1 is 1.15 bits per heavy atom. The van der Waals surface area contributed by atoms with Crippen molar-refractivity contribution < 1.29 is 8.42 Å². The second-order valence-corrected chi connectivity index (χ2v) is 7.83. The average molecular weight is 294 g/mol. The van der Waals surface area contributed by atoms with Crippen LogP contribution in [0.1, 0.15) is 32.6 Å². The van der Waals surface area contributed by atoms with E-state index in [2.05, 4.69) is 17.0 Å². The predicted octanol–water partition coefficient (Wildman–Crippen LogP) is 2.59. The first kappa shape index (κ1) is 13.9. The maximum absolute atomic E-state index is 12.0. The topological polar surface area (TPSA) is 58.2 Å². The Morgan fingerprint density at radius 3 is 2.35 bits per heavy atom. The summed E-state index contributed by atoms with van der Waals surface area (Å²) in [7, 11) is -3.33. The van der Waals surface area contributed by atoms with Crippen LogP contribution < -0.4 is 10.0 Å². The largest absolute Gasteiger partial charge is 0.385 e. The molecule has 2 N–H and O–H groups in total. The van der Waals surface area contributed by atoms with Gasteiger partial charge in [0.2, 0.25) is 10.0 Å². The van der Waals surface area contributed by atoms with Gasteiger partial charge in [-0.15, -0.1) is 0 Å². The summed E-state index contributed by atoms with van der Waals surface area (Å²) >= 11 is 0. The molecule has 2 aliphatic rings. The van der Waals surface area contributed by atoms with E-state index in [4.69, 9.17) is 0 Å². The van der Waals surface area contributed by atoms with Gasteiger partial charge in [0.1, 0.15) is 0 Å². The zero-order chi connectivity index (χ0) is 14.2. The molecule has 0 bridgehead atoms. The summed E-state index contributed by atoms with van der Waals surface area (Å²) in [5, 5.41) is 3.38. The Balaban J connectivity index is 1.58. The predicted molar refractivity (Wildman–Crippen MR) is 80.2 cm³/mol. The van der Waals surface area contributed by atoms with Gasteiger partial charge in [-0.1, -0.05) is 6.92 Å². The third kappa shape index (κ3) is 3.52. The molecule has 0 radical (unpaired) electrons. The van der Waals surface area contributed by atoms with E-state index in [1.54, 1.807) is 12.1 Å². The molecule has 0 aliphatic heterocycles. The summed E-state index contributed by atoms with van der Waals surface area (Å²) in [5.74, 6) is 1.57. The van der Waals surface area contributed by atoms with Gasteiger partial charge in [0, 0.05) is 18.3 Å². The van der Waals surface area contributed by atoms with Crippen LogP contribution in [0.3, 0.4) is 0 Å². The molecule has 110 valence electrons. The number of benzene rings is 1. The Bertz CT molecular complexity index is 560. The third-order valence-corrected chi connectivity index (χ3v) is 5.66. The summed E-state index contributed by atoms with van der Waals surface area (Å²) in [6, 6.07) is 7.20. The van der Waals surface area contributed by atoms with Crippen LogP contribution in [-0.2, 0) is 10.0 Å². The first-order valence-electron chi connectivity index (χ1n) is 7.41. The van der Waals surface area contributed by atoms with Crippen LogP contribution in [0.15, 0.2) is 29.2 Å². The molecule has 0 aromatic heterocycles. The van der Waals surface area contributed by atoms with Crippen molar-refractivity contribution in [2.45, 2.75) is 43.5 Å². The fraction of sp³-hybridized carbons (Fsp3) is 0.600. The lowest BCUT2D eigenvalue weighted by atomic mass is 10.1. The minimum absolute atomic E-state index is 0.150. The van der Waals surface area contributed by atoms with Gasteiger partial charge in [0.05, 0.1) is 4.90 Å². The number of hydrogen-bond donors (Lipinski definition) is 2. The lowest BCUT2D eigenvalue weighted by Gasteiger charge is -2.13. The molecule has 3 rings (SSSR count). The molecule has 0 saturated heterocycles. The van der Waals surface area contributed by atoms with E-state index in [1.165, 1.54) is 12.8 Å². The van der Waals surface area contributed by atoms with Crippen LogP contribution >= 0.6 is 0 Å². The minimum atomic E-state index is -3.33. The van der Waals surface area contributed by atoms with Crippen molar-refractivity contribution in [2.24, 2.45) is 11.8 Å². The Hall–Kier alpha value is -1.07. The third-order valence-electron chi connectivity index (χ3n) is 4.12. The summed E-state index contributed by atoms with van der Waals surface area (Å²) < 4.78 is 26.7. The van der Waals surface area contributed by atoms with E-state index >= 15 is 0 Å². The number of nitrogens with one attached hydrogen (secondary N) is 2.